The highest BCUT2D eigenvalue weighted by molar-refractivity contribution is 6.01. The van der Waals surface area contributed by atoms with Gasteiger partial charge in [0.15, 0.2) is 0 Å². The maximum Gasteiger partial charge on any atom is 0.142 e. The Kier molecular flexibility index (Phi) is 7.02. The number of nitrogens with zero attached hydrogens (tertiary/aromatic N) is 2. The van der Waals surface area contributed by atoms with Crippen molar-refractivity contribution >= 4 is 5.71 Å². The van der Waals surface area contributed by atoms with Crippen LogP contribution in [0.25, 0.3) is 16.9 Å². The Morgan fingerprint density at radius 1 is 0.824 bits per heavy atom. The highest BCUT2D eigenvalue weighted by Crippen LogP contribution is 2.32. The number of benzene rings is 3. The summed E-state index contributed by atoms with van der Waals surface area (Å²) in [6, 6.07) is 26.6. The van der Waals surface area contributed by atoms with Crippen molar-refractivity contribution in [3.63, 3.8) is 0 Å². The Balaban J connectivity index is 1.70. The average molecular weight is 455 g/mol. The van der Waals surface area contributed by atoms with E-state index in [1.54, 1.807) is 14.2 Å². The lowest BCUT2D eigenvalue weighted by Crippen LogP contribution is -2.03. The van der Waals surface area contributed by atoms with E-state index in [2.05, 4.69) is 66.0 Å². The zero-order valence-corrected chi connectivity index (χ0v) is 20.3. The van der Waals surface area contributed by atoms with E-state index >= 15 is 0 Å². The van der Waals surface area contributed by atoms with Crippen molar-refractivity contribution in [2.24, 2.45) is 5.16 Å². The van der Waals surface area contributed by atoms with Gasteiger partial charge < -0.3 is 18.9 Å². The topological polar surface area (TPSA) is 45.0 Å². The summed E-state index contributed by atoms with van der Waals surface area (Å²) in [7, 11) is 3.34. The van der Waals surface area contributed by atoms with Crippen molar-refractivity contribution < 1.29 is 14.3 Å². The summed E-state index contributed by atoms with van der Waals surface area (Å²) in [5.74, 6) is 1.64. The molecule has 0 saturated carbocycles. The van der Waals surface area contributed by atoms with Gasteiger partial charge in [-0.25, -0.2) is 0 Å². The van der Waals surface area contributed by atoms with Gasteiger partial charge in [-0.1, -0.05) is 41.6 Å². The number of hydrogen-bond donors (Lipinski definition) is 0. The van der Waals surface area contributed by atoms with Crippen molar-refractivity contribution in [2.75, 3.05) is 14.2 Å². The molecule has 3 aromatic carbocycles. The molecule has 0 radical (unpaired) electrons. The van der Waals surface area contributed by atoms with Gasteiger partial charge in [-0.05, 0) is 74.4 Å². The van der Waals surface area contributed by atoms with Crippen molar-refractivity contribution in [3.05, 3.63) is 101 Å². The molecule has 1 aromatic heterocycles. The molecule has 4 aromatic rings. The monoisotopic (exact) mass is 454 g/mol. The first kappa shape index (κ1) is 23.2. The molecule has 1 heterocycles. The molecule has 0 bridgehead atoms. The van der Waals surface area contributed by atoms with Gasteiger partial charge in [-0.15, -0.1) is 0 Å². The molecule has 0 fully saturated rings. The highest BCUT2D eigenvalue weighted by atomic mass is 16.6. The van der Waals surface area contributed by atoms with E-state index in [9.17, 15) is 0 Å². The Bertz CT molecular complexity index is 1300. The van der Waals surface area contributed by atoms with Crippen LogP contribution >= 0.6 is 0 Å². The first-order valence-electron chi connectivity index (χ1n) is 11.2. The van der Waals surface area contributed by atoms with E-state index in [0.717, 1.165) is 51.0 Å². The largest absolute Gasteiger partial charge is 0.497 e. The molecule has 34 heavy (non-hydrogen) atoms. The van der Waals surface area contributed by atoms with E-state index in [-0.39, 0.29) is 0 Å². The van der Waals surface area contributed by atoms with Gasteiger partial charge in [-0.2, -0.15) is 0 Å². The number of hydrogen-bond acceptors (Lipinski definition) is 4. The Labute approximate surface area is 201 Å². The van der Waals surface area contributed by atoms with Gasteiger partial charge in [0.1, 0.15) is 18.1 Å². The predicted molar refractivity (Wildman–Crippen MR) is 137 cm³/mol. The third kappa shape index (κ3) is 4.99. The van der Waals surface area contributed by atoms with E-state index in [1.807, 2.05) is 43.3 Å². The lowest BCUT2D eigenvalue weighted by molar-refractivity contribution is 0.130. The highest BCUT2D eigenvalue weighted by Gasteiger charge is 2.17. The minimum atomic E-state index is 0.391. The molecule has 0 unspecified atom stereocenters. The second kappa shape index (κ2) is 10.3. The van der Waals surface area contributed by atoms with Gasteiger partial charge >= 0.3 is 0 Å². The fourth-order valence-electron chi connectivity index (χ4n) is 4.04. The fourth-order valence-corrected chi connectivity index (χ4v) is 4.04. The van der Waals surface area contributed by atoms with Crippen LogP contribution < -0.4 is 9.47 Å². The summed E-state index contributed by atoms with van der Waals surface area (Å²) in [4.78, 5) is 5.70. The first-order valence-corrected chi connectivity index (χ1v) is 11.2. The van der Waals surface area contributed by atoms with Gasteiger partial charge in [0.25, 0.3) is 0 Å². The smallest absolute Gasteiger partial charge is 0.142 e. The van der Waals surface area contributed by atoms with Crippen LogP contribution in [0.1, 0.15) is 29.3 Å². The molecule has 4 rings (SSSR count). The quantitative estimate of drug-likeness (QED) is 0.219. The Morgan fingerprint density at radius 2 is 1.56 bits per heavy atom. The molecule has 0 atom stereocenters. The van der Waals surface area contributed by atoms with E-state index in [4.69, 9.17) is 14.3 Å². The van der Waals surface area contributed by atoms with Gasteiger partial charge in [0, 0.05) is 22.5 Å². The van der Waals surface area contributed by atoms with Crippen LogP contribution in [0.4, 0.5) is 0 Å². The summed E-state index contributed by atoms with van der Waals surface area (Å²) in [5, 5.41) is 4.43. The Hall–Kier alpha value is -3.99. The normalized spacial score (nSPS) is 11.4. The van der Waals surface area contributed by atoms with E-state index in [0.29, 0.717) is 6.61 Å². The molecular formula is C29H30N2O3. The van der Waals surface area contributed by atoms with Crippen LogP contribution in [0.5, 0.6) is 11.5 Å². The number of methoxy groups -OCH3 is 2. The van der Waals surface area contributed by atoms with Crippen LogP contribution in [0.2, 0.25) is 0 Å². The summed E-state index contributed by atoms with van der Waals surface area (Å²) in [6.07, 6.45) is 0. The summed E-state index contributed by atoms with van der Waals surface area (Å²) < 4.78 is 13.0. The van der Waals surface area contributed by atoms with E-state index in [1.165, 1.54) is 5.56 Å². The van der Waals surface area contributed by atoms with Crippen LogP contribution in [-0.2, 0) is 11.4 Å². The van der Waals surface area contributed by atoms with Crippen LogP contribution in [0.15, 0.2) is 84.0 Å². The van der Waals surface area contributed by atoms with Crippen LogP contribution in [0, 0.1) is 13.8 Å². The van der Waals surface area contributed by atoms with E-state index < -0.39 is 0 Å². The van der Waals surface area contributed by atoms with Gasteiger partial charge in [-0.3, -0.25) is 0 Å². The number of aromatic nitrogens is 1. The SMILES string of the molecule is COc1ccc(CON=C(C)c2cc(-c3cccc(OC)c3)n(-c3cccc(C)c3)c2C)cc1. The van der Waals surface area contributed by atoms with Crippen molar-refractivity contribution in [1.82, 2.24) is 4.57 Å². The Morgan fingerprint density at radius 3 is 2.26 bits per heavy atom. The molecule has 5 heteroatoms. The minimum absolute atomic E-state index is 0.391. The third-order valence-electron chi connectivity index (χ3n) is 5.85. The summed E-state index contributed by atoms with van der Waals surface area (Å²) >= 11 is 0. The number of ether oxygens (including phenoxy) is 2. The number of oxime groups is 1. The van der Waals surface area contributed by atoms with Gasteiger partial charge in [0.05, 0.1) is 25.6 Å². The molecular weight excluding hydrogens is 424 g/mol. The summed E-state index contributed by atoms with van der Waals surface area (Å²) in [6.45, 7) is 6.59. The van der Waals surface area contributed by atoms with Crippen molar-refractivity contribution in [2.45, 2.75) is 27.4 Å². The zero-order valence-electron chi connectivity index (χ0n) is 20.3. The zero-order chi connectivity index (χ0) is 24.1. The molecule has 0 spiro atoms. The predicted octanol–water partition coefficient (Wildman–Crippen LogP) is 6.72. The minimum Gasteiger partial charge on any atom is -0.497 e. The molecule has 5 nitrogen and oxygen atoms in total. The molecule has 174 valence electrons. The fraction of sp³-hybridized carbons (Fsp3) is 0.207. The average Bonchev–Trinajstić information content (AvgIpc) is 3.21. The molecule has 0 aliphatic heterocycles. The lowest BCUT2D eigenvalue weighted by Gasteiger charge is -2.14. The molecule has 0 aliphatic rings. The van der Waals surface area contributed by atoms with Crippen molar-refractivity contribution in [3.8, 4) is 28.4 Å². The molecule has 0 saturated heterocycles. The van der Waals surface area contributed by atoms with Crippen molar-refractivity contribution in [1.29, 1.82) is 0 Å². The molecule has 0 amide bonds. The molecule has 0 N–H and O–H groups in total. The maximum atomic E-state index is 5.70. The van der Waals surface area contributed by atoms with Crippen LogP contribution in [-0.4, -0.2) is 24.5 Å². The lowest BCUT2D eigenvalue weighted by atomic mass is 10.1. The molecule has 0 aliphatic carbocycles. The summed E-state index contributed by atoms with van der Waals surface area (Å²) in [5.41, 5.74) is 8.44. The maximum absolute atomic E-state index is 5.70. The van der Waals surface area contributed by atoms with Crippen LogP contribution in [0.3, 0.4) is 0 Å². The van der Waals surface area contributed by atoms with Gasteiger partial charge in [0.2, 0.25) is 0 Å². The number of rotatable bonds is 8. The second-order valence-electron chi connectivity index (χ2n) is 8.23. The standard InChI is InChI=1S/C29H30N2O3/c1-20-8-6-10-25(16-20)31-22(3)28(18-29(31)24-9-7-11-27(17-24)33-5)21(2)30-34-19-23-12-14-26(32-4)15-13-23/h6-18H,19H2,1-5H3. The third-order valence-corrected chi connectivity index (χ3v) is 5.85. The second-order valence-corrected chi connectivity index (χ2v) is 8.23. The first-order chi connectivity index (χ1) is 16.5. The number of aryl methyl sites for hydroxylation is 1.